The van der Waals surface area contributed by atoms with Gasteiger partial charge in [-0.2, -0.15) is 0 Å². The molecule has 1 heterocycles. The van der Waals surface area contributed by atoms with Crippen LogP contribution in [-0.4, -0.2) is 12.4 Å². The van der Waals surface area contributed by atoms with Crippen molar-refractivity contribution >= 4 is 28.8 Å². The Labute approximate surface area is 142 Å². The van der Waals surface area contributed by atoms with Crippen LogP contribution in [0.25, 0.3) is 0 Å². The zero-order chi connectivity index (χ0) is 16.8. The molecule has 1 aliphatic rings. The summed E-state index contributed by atoms with van der Waals surface area (Å²) in [7, 11) is 0. The van der Waals surface area contributed by atoms with Gasteiger partial charge in [-0.3, -0.25) is 5.41 Å². The van der Waals surface area contributed by atoms with Gasteiger partial charge in [-0.15, -0.1) is 0 Å². The Balaban J connectivity index is 2.21. The third kappa shape index (κ3) is 2.70. The fraction of sp³-hybridized carbons (Fsp3) is 0.316. The first-order valence-electron chi connectivity index (χ1n) is 7.82. The van der Waals surface area contributed by atoms with Crippen molar-refractivity contribution in [2.24, 2.45) is 5.73 Å². The zero-order valence-electron chi connectivity index (χ0n) is 13.8. The van der Waals surface area contributed by atoms with E-state index in [0.29, 0.717) is 13.0 Å². The van der Waals surface area contributed by atoms with E-state index < -0.39 is 0 Å². The molecule has 3 rings (SSSR count). The predicted octanol–water partition coefficient (Wildman–Crippen LogP) is 4.75. The van der Waals surface area contributed by atoms with Crippen molar-refractivity contribution in [3.63, 3.8) is 0 Å². The molecule has 3 N–H and O–H groups in total. The topological polar surface area (TPSA) is 53.1 Å². The molecule has 23 heavy (non-hydrogen) atoms. The number of hydrogen-bond donors (Lipinski definition) is 2. The van der Waals surface area contributed by atoms with Crippen LogP contribution in [0.1, 0.15) is 37.0 Å². The molecule has 0 aromatic heterocycles. The van der Waals surface area contributed by atoms with E-state index in [0.717, 1.165) is 10.7 Å². The first-order chi connectivity index (χ1) is 10.8. The van der Waals surface area contributed by atoms with Gasteiger partial charge in [0.15, 0.2) is 0 Å². The normalized spacial score (nSPS) is 15.0. The Morgan fingerprint density at radius 1 is 1.13 bits per heavy atom. The summed E-state index contributed by atoms with van der Waals surface area (Å²) in [6.45, 7) is 7.28. The molecule has 4 heteroatoms. The monoisotopic (exact) mass is 327 g/mol. The second-order valence-corrected chi connectivity index (χ2v) is 7.17. The van der Waals surface area contributed by atoms with Crippen LogP contribution in [0.4, 0.5) is 11.4 Å². The van der Waals surface area contributed by atoms with Crippen LogP contribution in [0.5, 0.6) is 0 Å². The number of anilines is 2. The predicted molar refractivity (Wildman–Crippen MR) is 98.3 cm³/mol. The Bertz CT molecular complexity index is 725. The average Bonchev–Trinajstić information content (AvgIpc) is 2.48. The number of aryl methyl sites for hydroxylation is 1. The Morgan fingerprint density at radius 2 is 1.74 bits per heavy atom. The van der Waals surface area contributed by atoms with Crippen molar-refractivity contribution in [2.45, 2.75) is 32.6 Å². The van der Waals surface area contributed by atoms with E-state index in [2.05, 4.69) is 56.0 Å². The highest BCUT2D eigenvalue weighted by molar-refractivity contribution is 6.30. The lowest BCUT2D eigenvalue weighted by Gasteiger charge is -2.42. The quantitative estimate of drug-likeness (QED) is 0.631. The fourth-order valence-corrected chi connectivity index (χ4v) is 3.55. The van der Waals surface area contributed by atoms with Crippen LogP contribution < -0.4 is 10.6 Å². The van der Waals surface area contributed by atoms with Gasteiger partial charge >= 0.3 is 0 Å². The molecule has 0 saturated heterocycles. The van der Waals surface area contributed by atoms with Gasteiger partial charge in [0.2, 0.25) is 0 Å². The number of hydrogen-bond acceptors (Lipinski definition) is 2. The minimum atomic E-state index is -0.117. The molecule has 0 radical (unpaired) electrons. The van der Waals surface area contributed by atoms with Crippen molar-refractivity contribution in [2.75, 3.05) is 11.4 Å². The highest BCUT2D eigenvalue weighted by Gasteiger charge is 2.36. The zero-order valence-corrected chi connectivity index (χ0v) is 14.5. The van der Waals surface area contributed by atoms with Gasteiger partial charge in [0.05, 0.1) is 5.84 Å². The van der Waals surface area contributed by atoms with Crippen LogP contribution in [-0.2, 0) is 5.41 Å². The van der Waals surface area contributed by atoms with E-state index in [1.807, 2.05) is 6.07 Å². The lowest BCUT2D eigenvalue weighted by Crippen LogP contribution is -2.34. The van der Waals surface area contributed by atoms with Crippen LogP contribution in [0.3, 0.4) is 0 Å². The largest absolute Gasteiger partial charge is 0.388 e. The van der Waals surface area contributed by atoms with Crippen LogP contribution >= 0.6 is 11.6 Å². The Hall–Kier alpha value is -2.00. The number of halogens is 1. The highest BCUT2D eigenvalue weighted by Crippen LogP contribution is 2.49. The number of nitrogens with two attached hydrogens (primary N) is 1. The van der Waals surface area contributed by atoms with Crippen molar-refractivity contribution in [1.82, 2.24) is 0 Å². The van der Waals surface area contributed by atoms with Crippen LogP contribution in [0.2, 0.25) is 5.02 Å². The minimum absolute atomic E-state index is 0.117. The fourth-order valence-electron chi connectivity index (χ4n) is 3.38. The molecule has 0 amide bonds. The molecular weight excluding hydrogens is 306 g/mol. The molecule has 0 fully saturated rings. The maximum Gasteiger partial charge on any atom is 0.0923 e. The molecule has 1 aliphatic heterocycles. The molecule has 3 nitrogen and oxygen atoms in total. The van der Waals surface area contributed by atoms with Crippen LogP contribution in [0, 0.1) is 12.3 Å². The molecular formula is C19H22ClN3. The molecule has 0 aliphatic carbocycles. The number of nitrogens with zero attached hydrogens (tertiary/aromatic N) is 1. The van der Waals surface area contributed by atoms with Gasteiger partial charge in [0.1, 0.15) is 0 Å². The maximum atomic E-state index is 7.56. The van der Waals surface area contributed by atoms with Crippen molar-refractivity contribution < 1.29 is 0 Å². The lowest BCUT2D eigenvalue weighted by atomic mass is 9.73. The van der Waals surface area contributed by atoms with Gasteiger partial charge < -0.3 is 10.6 Å². The van der Waals surface area contributed by atoms with E-state index in [9.17, 15) is 0 Å². The average molecular weight is 328 g/mol. The molecule has 2 aromatic carbocycles. The van der Waals surface area contributed by atoms with E-state index in [-0.39, 0.29) is 11.3 Å². The second-order valence-electron chi connectivity index (χ2n) is 6.73. The summed E-state index contributed by atoms with van der Waals surface area (Å²) in [5.74, 6) is 0.207. The third-order valence-electron chi connectivity index (χ3n) is 4.64. The summed E-state index contributed by atoms with van der Waals surface area (Å²) >= 11 is 6.26. The van der Waals surface area contributed by atoms with Gasteiger partial charge in [0.25, 0.3) is 0 Å². The summed E-state index contributed by atoms with van der Waals surface area (Å²) in [6.07, 6.45) is 0.538. The molecule has 120 valence electrons. The number of fused-ring (bicyclic) bond motifs is 2. The maximum absolute atomic E-state index is 7.56. The SMILES string of the molecule is Cc1ccc2c(c1)C(C)(C)c1cc(Cl)ccc1N2CCC(=N)N. The standard InChI is InChI=1S/C19H22ClN3/c1-12-4-6-16-14(10-12)19(2,3)15-11-13(20)5-7-17(15)23(16)9-8-18(21)22/h4-7,10-11H,8-9H2,1-3H3,(H3,21,22). The summed E-state index contributed by atoms with van der Waals surface area (Å²) < 4.78 is 0. The second kappa shape index (κ2) is 5.57. The molecule has 0 saturated carbocycles. The number of nitrogens with one attached hydrogen (secondary N) is 1. The van der Waals surface area contributed by atoms with Gasteiger partial charge in [-0.05, 0) is 42.3 Å². The molecule has 0 spiro atoms. The summed E-state index contributed by atoms with van der Waals surface area (Å²) in [4.78, 5) is 2.26. The van der Waals surface area contributed by atoms with E-state index in [1.54, 1.807) is 0 Å². The van der Waals surface area contributed by atoms with Gasteiger partial charge in [-0.1, -0.05) is 43.1 Å². The third-order valence-corrected chi connectivity index (χ3v) is 4.88. The van der Waals surface area contributed by atoms with Crippen molar-refractivity contribution in [1.29, 1.82) is 5.41 Å². The number of amidine groups is 1. The van der Waals surface area contributed by atoms with E-state index in [1.165, 1.54) is 22.4 Å². The minimum Gasteiger partial charge on any atom is -0.388 e. The van der Waals surface area contributed by atoms with Crippen molar-refractivity contribution in [3.05, 3.63) is 58.1 Å². The Morgan fingerprint density at radius 3 is 2.39 bits per heavy atom. The van der Waals surface area contributed by atoms with Crippen LogP contribution in [0.15, 0.2) is 36.4 Å². The first-order valence-corrected chi connectivity index (χ1v) is 8.20. The molecule has 0 unspecified atom stereocenters. The number of benzene rings is 2. The molecule has 0 bridgehead atoms. The molecule has 0 atom stereocenters. The van der Waals surface area contributed by atoms with Gasteiger partial charge in [-0.25, -0.2) is 0 Å². The van der Waals surface area contributed by atoms with Crippen molar-refractivity contribution in [3.8, 4) is 0 Å². The summed E-state index contributed by atoms with van der Waals surface area (Å²) in [5, 5.41) is 8.31. The lowest BCUT2D eigenvalue weighted by molar-refractivity contribution is 0.624. The Kier molecular flexibility index (Phi) is 3.85. The van der Waals surface area contributed by atoms with E-state index >= 15 is 0 Å². The number of rotatable bonds is 3. The highest BCUT2D eigenvalue weighted by atomic mass is 35.5. The molecule has 2 aromatic rings. The summed E-state index contributed by atoms with van der Waals surface area (Å²) in [6, 6.07) is 12.6. The summed E-state index contributed by atoms with van der Waals surface area (Å²) in [5.41, 5.74) is 11.6. The van der Waals surface area contributed by atoms with E-state index in [4.69, 9.17) is 22.7 Å². The smallest absolute Gasteiger partial charge is 0.0923 e. The first kappa shape index (κ1) is 15.9. The van der Waals surface area contributed by atoms with Gasteiger partial charge in [0, 0.05) is 34.8 Å².